The third-order valence-corrected chi connectivity index (χ3v) is 2.95. The molecule has 0 amide bonds. The maximum Gasteiger partial charge on any atom is 0.120 e. The Hall–Kier alpha value is -1.84. The molecule has 0 fully saturated rings. The van der Waals surface area contributed by atoms with Crippen LogP contribution >= 0.6 is 0 Å². The van der Waals surface area contributed by atoms with E-state index in [0.717, 1.165) is 16.9 Å². The first kappa shape index (κ1) is 13.6. The predicted octanol–water partition coefficient (Wildman–Crippen LogP) is 2.65. The summed E-state index contributed by atoms with van der Waals surface area (Å²) in [6, 6.07) is 17.1. The van der Waals surface area contributed by atoms with E-state index in [1.165, 1.54) is 0 Å². The summed E-state index contributed by atoms with van der Waals surface area (Å²) in [6.07, 6.45) is -0.666. The van der Waals surface area contributed by atoms with Gasteiger partial charge in [-0.1, -0.05) is 42.5 Å². The molecule has 0 spiro atoms. The first-order valence-electron chi connectivity index (χ1n) is 6.37. The van der Waals surface area contributed by atoms with E-state index in [9.17, 15) is 5.11 Å². The number of aliphatic hydroxyl groups excluding tert-OH is 1. The first-order chi connectivity index (χ1) is 9.16. The van der Waals surface area contributed by atoms with Crippen molar-refractivity contribution in [2.75, 3.05) is 0 Å². The smallest absolute Gasteiger partial charge is 0.120 e. The van der Waals surface area contributed by atoms with E-state index in [1.807, 2.05) is 54.6 Å². The van der Waals surface area contributed by atoms with Gasteiger partial charge in [0.2, 0.25) is 0 Å². The fourth-order valence-corrected chi connectivity index (χ4v) is 1.83. The van der Waals surface area contributed by atoms with E-state index in [2.05, 4.69) is 0 Å². The monoisotopic (exact) mass is 257 g/mol. The zero-order chi connectivity index (χ0) is 13.7. The highest BCUT2D eigenvalue weighted by Crippen LogP contribution is 2.21. The van der Waals surface area contributed by atoms with Gasteiger partial charge in [-0.15, -0.1) is 0 Å². The highest BCUT2D eigenvalue weighted by molar-refractivity contribution is 5.30. The van der Waals surface area contributed by atoms with Crippen LogP contribution in [0, 0.1) is 0 Å². The number of aliphatic hydroxyl groups is 1. The van der Waals surface area contributed by atoms with Crippen LogP contribution in [0.25, 0.3) is 0 Å². The lowest BCUT2D eigenvalue weighted by Gasteiger charge is -2.16. The average molecular weight is 257 g/mol. The van der Waals surface area contributed by atoms with Gasteiger partial charge in [0.15, 0.2) is 0 Å². The fraction of sp³-hybridized carbons (Fsp3) is 0.250. The normalized spacial score (nSPS) is 13.8. The lowest BCUT2D eigenvalue weighted by molar-refractivity contribution is 0.153. The van der Waals surface area contributed by atoms with Gasteiger partial charge in [0.05, 0.1) is 6.10 Å². The Bertz CT molecular complexity index is 511. The standard InChI is InChI=1S/C16H19NO2/c1-12(17)16(18)14-8-5-9-15(10-14)19-11-13-6-3-2-4-7-13/h2-10,12,16,18H,11,17H2,1H3. The van der Waals surface area contributed by atoms with Crippen molar-refractivity contribution in [3.05, 3.63) is 65.7 Å². The molecule has 3 N–H and O–H groups in total. The molecule has 2 unspecified atom stereocenters. The van der Waals surface area contributed by atoms with Crippen molar-refractivity contribution < 1.29 is 9.84 Å². The van der Waals surface area contributed by atoms with Crippen LogP contribution in [0.1, 0.15) is 24.2 Å². The second-order valence-electron chi connectivity index (χ2n) is 4.65. The van der Waals surface area contributed by atoms with Gasteiger partial charge in [-0.25, -0.2) is 0 Å². The molecule has 3 heteroatoms. The number of hydrogen-bond acceptors (Lipinski definition) is 3. The maximum atomic E-state index is 9.93. The van der Waals surface area contributed by atoms with Crippen LogP contribution < -0.4 is 10.5 Å². The van der Waals surface area contributed by atoms with Gasteiger partial charge in [-0.05, 0) is 30.2 Å². The molecule has 2 aromatic rings. The molecule has 0 bridgehead atoms. The van der Waals surface area contributed by atoms with Crippen LogP contribution in [0.2, 0.25) is 0 Å². The topological polar surface area (TPSA) is 55.5 Å². The molecule has 0 aromatic heterocycles. The summed E-state index contributed by atoms with van der Waals surface area (Å²) in [5.41, 5.74) is 7.58. The van der Waals surface area contributed by atoms with Gasteiger partial charge >= 0.3 is 0 Å². The molecule has 0 aliphatic carbocycles. The van der Waals surface area contributed by atoms with Crippen molar-refractivity contribution in [1.29, 1.82) is 0 Å². The van der Waals surface area contributed by atoms with Crippen LogP contribution in [-0.2, 0) is 6.61 Å². The number of ether oxygens (including phenoxy) is 1. The number of nitrogens with two attached hydrogens (primary N) is 1. The Kier molecular flexibility index (Phi) is 4.55. The first-order valence-corrected chi connectivity index (χ1v) is 6.37. The SMILES string of the molecule is CC(N)C(O)c1cccc(OCc2ccccc2)c1. The Balaban J connectivity index is 2.03. The van der Waals surface area contributed by atoms with Gasteiger partial charge in [-0.2, -0.15) is 0 Å². The Morgan fingerprint density at radius 2 is 1.84 bits per heavy atom. The molecule has 0 aliphatic heterocycles. The molecule has 2 atom stereocenters. The van der Waals surface area contributed by atoms with Crippen LogP contribution in [0.3, 0.4) is 0 Å². The zero-order valence-corrected chi connectivity index (χ0v) is 11.0. The van der Waals surface area contributed by atoms with Crippen LogP contribution in [-0.4, -0.2) is 11.1 Å². The van der Waals surface area contributed by atoms with Crippen molar-refractivity contribution in [2.45, 2.75) is 25.7 Å². The second kappa shape index (κ2) is 6.36. The molecule has 2 aromatic carbocycles. The largest absolute Gasteiger partial charge is 0.489 e. The third-order valence-electron chi connectivity index (χ3n) is 2.95. The van der Waals surface area contributed by atoms with Gasteiger partial charge in [-0.3, -0.25) is 0 Å². The molecule has 2 rings (SSSR count). The molecular formula is C16H19NO2. The zero-order valence-electron chi connectivity index (χ0n) is 11.0. The molecule has 0 heterocycles. The summed E-state index contributed by atoms with van der Waals surface area (Å²) in [7, 11) is 0. The quantitative estimate of drug-likeness (QED) is 0.865. The molecule has 3 nitrogen and oxygen atoms in total. The molecule has 0 saturated carbocycles. The highest BCUT2D eigenvalue weighted by Gasteiger charge is 2.12. The Morgan fingerprint density at radius 3 is 2.53 bits per heavy atom. The lowest BCUT2D eigenvalue weighted by Crippen LogP contribution is -2.24. The van der Waals surface area contributed by atoms with E-state index < -0.39 is 6.10 Å². The van der Waals surface area contributed by atoms with Gasteiger partial charge in [0, 0.05) is 6.04 Å². The lowest BCUT2D eigenvalue weighted by atomic mass is 10.0. The summed E-state index contributed by atoms with van der Waals surface area (Å²) < 4.78 is 5.71. The van der Waals surface area contributed by atoms with E-state index in [0.29, 0.717) is 6.61 Å². The van der Waals surface area contributed by atoms with E-state index in [1.54, 1.807) is 6.92 Å². The van der Waals surface area contributed by atoms with E-state index in [4.69, 9.17) is 10.5 Å². The van der Waals surface area contributed by atoms with Crippen LogP contribution in [0.4, 0.5) is 0 Å². The Labute approximate surface area is 113 Å². The summed E-state index contributed by atoms with van der Waals surface area (Å²) in [6.45, 7) is 2.29. The number of hydrogen-bond donors (Lipinski definition) is 2. The molecule has 0 aliphatic rings. The van der Waals surface area contributed by atoms with E-state index >= 15 is 0 Å². The Morgan fingerprint density at radius 1 is 1.11 bits per heavy atom. The molecule has 100 valence electrons. The van der Waals surface area contributed by atoms with E-state index in [-0.39, 0.29) is 6.04 Å². The molecule has 0 saturated heterocycles. The minimum atomic E-state index is -0.666. The van der Waals surface area contributed by atoms with Crippen molar-refractivity contribution in [1.82, 2.24) is 0 Å². The summed E-state index contributed by atoms with van der Waals surface area (Å²) in [5, 5.41) is 9.93. The summed E-state index contributed by atoms with van der Waals surface area (Å²) in [5.74, 6) is 0.737. The second-order valence-corrected chi connectivity index (χ2v) is 4.65. The predicted molar refractivity (Wildman–Crippen MR) is 75.8 cm³/mol. The highest BCUT2D eigenvalue weighted by atomic mass is 16.5. The third kappa shape index (κ3) is 3.81. The van der Waals surface area contributed by atoms with Crippen molar-refractivity contribution in [2.24, 2.45) is 5.73 Å². The molecule has 19 heavy (non-hydrogen) atoms. The van der Waals surface area contributed by atoms with Crippen molar-refractivity contribution >= 4 is 0 Å². The number of rotatable bonds is 5. The maximum absolute atomic E-state index is 9.93. The van der Waals surface area contributed by atoms with Gasteiger partial charge in [0.1, 0.15) is 12.4 Å². The van der Waals surface area contributed by atoms with Crippen molar-refractivity contribution in [3.8, 4) is 5.75 Å². The molecular weight excluding hydrogens is 238 g/mol. The van der Waals surface area contributed by atoms with Gasteiger partial charge < -0.3 is 15.6 Å². The summed E-state index contributed by atoms with van der Waals surface area (Å²) >= 11 is 0. The summed E-state index contributed by atoms with van der Waals surface area (Å²) in [4.78, 5) is 0. The fourth-order valence-electron chi connectivity index (χ4n) is 1.83. The van der Waals surface area contributed by atoms with Crippen LogP contribution in [0.15, 0.2) is 54.6 Å². The van der Waals surface area contributed by atoms with Gasteiger partial charge in [0.25, 0.3) is 0 Å². The average Bonchev–Trinajstić information content (AvgIpc) is 2.45. The molecule has 0 radical (unpaired) electrons. The van der Waals surface area contributed by atoms with Crippen LogP contribution in [0.5, 0.6) is 5.75 Å². The minimum Gasteiger partial charge on any atom is -0.489 e. The van der Waals surface area contributed by atoms with Crippen molar-refractivity contribution in [3.63, 3.8) is 0 Å². The minimum absolute atomic E-state index is 0.302. The number of benzene rings is 2.